The van der Waals surface area contributed by atoms with Gasteiger partial charge in [-0.25, -0.2) is 0 Å². The van der Waals surface area contributed by atoms with Crippen molar-refractivity contribution in [1.29, 1.82) is 0 Å². The third-order valence-electron chi connectivity index (χ3n) is 14.7. The predicted molar refractivity (Wildman–Crippen MR) is 304 cm³/mol. The molecule has 2 amide bonds. The van der Waals surface area contributed by atoms with E-state index in [0.717, 1.165) is 82.7 Å². The van der Waals surface area contributed by atoms with Crippen LogP contribution in [0.3, 0.4) is 0 Å². The molecular weight excluding hydrogens is 865 g/mol. The summed E-state index contributed by atoms with van der Waals surface area (Å²) >= 11 is 0. The number of unbranched alkanes of at least 4 members (excludes halogenated alkanes) is 36. The Morgan fingerprint density at radius 2 is 0.843 bits per heavy atom. The van der Waals surface area contributed by atoms with E-state index in [1.807, 2.05) is 0 Å². The molecule has 1 fully saturated rings. The lowest BCUT2D eigenvalue weighted by atomic mass is 9.72. The van der Waals surface area contributed by atoms with Crippen molar-refractivity contribution in [3.8, 4) is 0 Å². The van der Waals surface area contributed by atoms with Gasteiger partial charge in [0.1, 0.15) is 0 Å². The van der Waals surface area contributed by atoms with Gasteiger partial charge in [0.2, 0.25) is 11.8 Å². The van der Waals surface area contributed by atoms with E-state index in [1.54, 1.807) is 0 Å². The Labute approximate surface area is 435 Å². The fourth-order valence-electron chi connectivity index (χ4n) is 10.1. The van der Waals surface area contributed by atoms with Crippen LogP contribution in [0, 0.1) is 23.2 Å². The van der Waals surface area contributed by atoms with Crippen molar-refractivity contribution in [3.63, 3.8) is 0 Å². The van der Waals surface area contributed by atoms with Gasteiger partial charge in [0, 0.05) is 32.6 Å². The maximum absolute atomic E-state index is 13.7. The minimum Gasteiger partial charge on any atom is -0.481 e. The number of rotatable bonds is 52. The molecule has 1 aliphatic rings. The maximum atomic E-state index is 13.7. The van der Waals surface area contributed by atoms with Crippen LogP contribution in [0.15, 0.2) is 24.3 Å². The lowest BCUT2D eigenvalue weighted by Gasteiger charge is -2.27. The second-order valence-corrected chi connectivity index (χ2v) is 22.4. The summed E-state index contributed by atoms with van der Waals surface area (Å²) in [5.41, 5.74) is 9.59. The fourth-order valence-corrected chi connectivity index (χ4v) is 10.1. The first-order chi connectivity index (χ1) is 34.1. The summed E-state index contributed by atoms with van der Waals surface area (Å²) in [6.07, 6.45) is 62.1. The molecule has 0 spiro atoms. The number of hydrogen-bond acceptors (Lipinski definition) is 6. The highest BCUT2D eigenvalue weighted by Gasteiger charge is 2.51. The van der Waals surface area contributed by atoms with Gasteiger partial charge in [-0.3, -0.25) is 19.7 Å². The molecule has 1 heterocycles. The van der Waals surface area contributed by atoms with Crippen LogP contribution in [0.1, 0.15) is 304 Å². The molecule has 0 saturated carbocycles. The first kappa shape index (κ1) is 68.0. The molecule has 0 aromatic heterocycles. The number of nitrogens with two attached hydrogens (primary N) is 2. The smallest absolute Gasteiger partial charge is 0.303 e. The summed E-state index contributed by atoms with van der Waals surface area (Å²) in [7, 11) is 0. The third-order valence-corrected chi connectivity index (χ3v) is 14.7. The molecule has 0 radical (unpaired) electrons. The predicted octanol–water partition coefficient (Wildman–Crippen LogP) is 17.0. The molecule has 2 unspecified atom stereocenters. The molecule has 412 valence electrons. The number of carbonyl (C=O) groups is 3. The van der Waals surface area contributed by atoms with Gasteiger partial charge in [-0.05, 0) is 50.4 Å². The van der Waals surface area contributed by atoms with Crippen molar-refractivity contribution in [1.82, 2.24) is 10.6 Å². The Hall–Kier alpha value is -2.03. The van der Waals surface area contributed by atoms with Gasteiger partial charge in [-0.1, -0.05) is 283 Å². The number of carboxylic acid groups (broad SMARTS) is 1. The Morgan fingerprint density at radius 1 is 0.514 bits per heavy atom. The number of carboxylic acids is 1. The van der Waals surface area contributed by atoms with E-state index >= 15 is 0 Å². The lowest BCUT2D eigenvalue weighted by molar-refractivity contribution is -0.137. The number of allylic oxidation sites excluding steroid dienone is 2. The molecule has 0 aromatic carbocycles. The molecule has 7 N–H and O–H groups in total. The summed E-state index contributed by atoms with van der Waals surface area (Å²) in [6, 6.07) is 0. The zero-order valence-corrected chi connectivity index (χ0v) is 47.1. The van der Waals surface area contributed by atoms with Gasteiger partial charge in [0.05, 0.1) is 11.3 Å². The van der Waals surface area contributed by atoms with Crippen molar-refractivity contribution in [2.45, 2.75) is 304 Å². The molecule has 1 saturated heterocycles. The van der Waals surface area contributed by atoms with Gasteiger partial charge in [-0.2, -0.15) is 0 Å². The Morgan fingerprint density at radius 3 is 1.20 bits per heavy atom. The van der Waals surface area contributed by atoms with Crippen molar-refractivity contribution in [2.24, 2.45) is 34.6 Å². The highest BCUT2D eigenvalue weighted by Crippen LogP contribution is 2.41. The van der Waals surface area contributed by atoms with Crippen LogP contribution < -0.4 is 22.1 Å². The van der Waals surface area contributed by atoms with Crippen LogP contribution in [0.25, 0.3) is 0 Å². The molecule has 0 bridgehead atoms. The van der Waals surface area contributed by atoms with E-state index in [9.17, 15) is 14.4 Å². The van der Waals surface area contributed by atoms with Crippen molar-refractivity contribution in [2.75, 3.05) is 26.2 Å². The van der Waals surface area contributed by atoms with Crippen molar-refractivity contribution in [3.05, 3.63) is 24.3 Å². The summed E-state index contributed by atoms with van der Waals surface area (Å²) < 4.78 is 0. The second kappa shape index (κ2) is 51.9. The molecule has 0 aromatic rings. The summed E-state index contributed by atoms with van der Waals surface area (Å²) in [4.78, 5) is 37.6. The molecule has 1 rings (SSSR count). The number of aliphatic carboxylic acids is 1. The highest BCUT2D eigenvalue weighted by atomic mass is 16.4. The van der Waals surface area contributed by atoms with Crippen molar-refractivity contribution >= 4 is 17.8 Å². The molecule has 8 nitrogen and oxygen atoms in total. The van der Waals surface area contributed by atoms with Crippen molar-refractivity contribution < 1.29 is 19.5 Å². The van der Waals surface area contributed by atoms with Crippen LogP contribution in [-0.4, -0.2) is 49.1 Å². The van der Waals surface area contributed by atoms with Crippen LogP contribution >= 0.6 is 0 Å². The van der Waals surface area contributed by atoms with Gasteiger partial charge in [0.15, 0.2) is 0 Å². The van der Waals surface area contributed by atoms with Crippen LogP contribution in [0.2, 0.25) is 0 Å². The Bertz CT molecular complexity index is 1220. The number of nitrogens with one attached hydrogen (secondary N) is 2. The molecule has 70 heavy (non-hydrogen) atoms. The third kappa shape index (κ3) is 43.5. The van der Waals surface area contributed by atoms with E-state index in [0.29, 0.717) is 19.5 Å². The number of amides is 2. The number of hydrogen-bond donors (Lipinski definition) is 5. The minimum absolute atomic E-state index is 0.0768. The molecule has 2 atom stereocenters. The summed E-state index contributed by atoms with van der Waals surface area (Å²) in [5.74, 6) is 0.443. The highest BCUT2D eigenvalue weighted by molar-refractivity contribution is 6.09. The Kier molecular flexibility index (Phi) is 50.4. The van der Waals surface area contributed by atoms with E-state index in [1.165, 1.54) is 212 Å². The van der Waals surface area contributed by atoms with Gasteiger partial charge in [-0.15, -0.1) is 0 Å². The molecular formula is C62H120N4O4. The molecule has 8 heteroatoms. The standard InChI is InChI=1S/C58H107NO4.C4H13N3/c1-52(2)46-40-34-28-22-16-10-8-12-18-24-30-36-42-48-54-56(62)59-57(63)58(54,51-45-39-33-27-21-15-9-11-17-23-29-35-41-47-53(3)4)50-44-38-32-26-20-14-7-5-6-13-19-25-31-37-43-49-55(60)61;5-1-3-7-4-2-6/h42,45,48,51-54H,5-41,43-44,46-47,49-50H2,1-4H3,(H,60,61)(H,59,62,63);7H,1-6H2. The normalized spacial score (nSPS) is 16.1. The number of imide groups is 1. The monoisotopic (exact) mass is 985 g/mol. The lowest BCUT2D eigenvalue weighted by Crippen LogP contribution is -2.32. The Balaban J connectivity index is 0.00000628. The summed E-state index contributed by atoms with van der Waals surface area (Å²) in [5, 5.41) is 14.6. The number of carbonyl (C=O) groups excluding carboxylic acids is 2. The quantitative estimate of drug-likeness (QED) is 0.0232. The van der Waals surface area contributed by atoms with Crippen LogP contribution in [0.4, 0.5) is 0 Å². The molecule has 1 aliphatic heterocycles. The SMILES string of the molecule is CC(C)CCCCCCCCCCCCCC=CC1C(=O)NC(=O)C1(C=CCCCCCCCCCCCCCC(C)C)CCCCCCCCCCCCCCCCCC(=O)O.NCCNCCN. The second-order valence-electron chi connectivity index (χ2n) is 22.4. The fraction of sp³-hybridized carbons (Fsp3) is 0.887. The molecule has 0 aliphatic carbocycles. The zero-order valence-electron chi connectivity index (χ0n) is 47.1. The van der Waals surface area contributed by atoms with Crippen LogP contribution in [0.5, 0.6) is 0 Å². The van der Waals surface area contributed by atoms with E-state index < -0.39 is 17.3 Å². The van der Waals surface area contributed by atoms with Gasteiger partial charge >= 0.3 is 5.97 Å². The largest absolute Gasteiger partial charge is 0.481 e. The first-order valence-electron chi connectivity index (χ1n) is 30.6. The average Bonchev–Trinajstić information content (AvgIpc) is 3.56. The zero-order chi connectivity index (χ0) is 51.4. The minimum atomic E-state index is -0.741. The van der Waals surface area contributed by atoms with E-state index in [4.69, 9.17) is 16.6 Å². The topological polar surface area (TPSA) is 148 Å². The van der Waals surface area contributed by atoms with E-state index in [2.05, 4.69) is 62.6 Å². The maximum Gasteiger partial charge on any atom is 0.303 e. The van der Waals surface area contributed by atoms with Gasteiger partial charge in [0.25, 0.3) is 0 Å². The van der Waals surface area contributed by atoms with Gasteiger partial charge < -0.3 is 21.9 Å². The average molecular weight is 986 g/mol. The first-order valence-corrected chi connectivity index (χ1v) is 30.6. The van der Waals surface area contributed by atoms with E-state index in [-0.39, 0.29) is 11.8 Å². The van der Waals surface area contributed by atoms with Crippen LogP contribution in [-0.2, 0) is 14.4 Å². The summed E-state index contributed by atoms with van der Waals surface area (Å²) in [6.45, 7) is 12.4.